The summed E-state index contributed by atoms with van der Waals surface area (Å²) >= 11 is 1.86. The van der Waals surface area contributed by atoms with Gasteiger partial charge in [-0.05, 0) is 80.6 Å². The average Bonchev–Trinajstić information content (AvgIpc) is 3.84. The molecule has 1 aliphatic rings. The smallest absolute Gasteiger partial charge is 0.159 e. The fourth-order valence-corrected chi connectivity index (χ4v) is 10.0. The summed E-state index contributed by atoms with van der Waals surface area (Å²) in [6.45, 7) is 4.71. The molecule has 0 radical (unpaired) electrons. The van der Waals surface area contributed by atoms with Gasteiger partial charge >= 0.3 is 0 Å². The molecule has 11 rings (SSSR count). The molecule has 2 aromatic heterocycles. The molecule has 0 atom stereocenters. The molecule has 2 heterocycles. The normalized spacial score (nSPS) is 13.3. The second-order valence-electron chi connectivity index (χ2n) is 14.5. The third-order valence-electron chi connectivity index (χ3n) is 11.3. The Labute approximate surface area is 305 Å². The van der Waals surface area contributed by atoms with Crippen LogP contribution in [0.2, 0.25) is 0 Å². The summed E-state index contributed by atoms with van der Waals surface area (Å²) in [6, 6.07) is 59.7. The van der Waals surface area contributed by atoms with E-state index < -0.39 is 0 Å². The zero-order chi connectivity index (χ0) is 34.6. The van der Waals surface area contributed by atoms with Crippen LogP contribution in [0.15, 0.2) is 168 Å². The summed E-state index contributed by atoms with van der Waals surface area (Å²) < 4.78 is 9.64. The second-order valence-corrected chi connectivity index (χ2v) is 15.5. The van der Waals surface area contributed by atoms with Gasteiger partial charge in [0.1, 0.15) is 5.58 Å². The summed E-state index contributed by atoms with van der Waals surface area (Å²) in [6.07, 6.45) is 0. The highest BCUT2D eigenvalue weighted by Crippen LogP contribution is 2.53. The summed E-state index contributed by atoms with van der Waals surface area (Å²) in [5, 5.41) is 7.25. The lowest BCUT2D eigenvalue weighted by Gasteiger charge is -2.28. The molecular formula is C49H33NOS. The zero-order valence-corrected chi connectivity index (χ0v) is 29.7. The van der Waals surface area contributed by atoms with Crippen molar-refractivity contribution < 1.29 is 4.42 Å². The molecule has 0 bridgehead atoms. The number of anilines is 3. The van der Waals surface area contributed by atoms with Crippen molar-refractivity contribution >= 4 is 81.3 Å². The Hall–Kier alpha value is -6.16. The maximum Gasteiger partial charge on any atom is 0.159 e. The van der Waals surface area contributed by atoms with Crippen LogP contribution in [0.3, 0.4) is 0 Å². The first-order valence-corrected chi connectivity index (χ1v) is 18.7. The molecule has 0 fully saturated rings. The van der Waals surface area contributed by atoms with Gasteiger partial charge in [0.15, 0.2) is 5.58 Å². The molecule has 0 saturated carbocycles. The van der Waals surface area contributed by atoms with Gasteiger partial charge < -0.3 is 9.32 Å². The Kier molecular flexibility index (Phi) is 6.21. The van der Waals surface area contributed by atoms with Crippen molar-refractivity contribution in [1.29, 1.82) is 0 Å². The molecule has 0 unspecified atom stereocenters. The Balaban J connectivity index is 1.22. The average molecular weight is 684 g/mol. The summed E-state index contributed by atoms with van der Waals surface area (Å²) in [4.78, 5) is 2.45. The van der Waals surface area contributed by atoms with E-state index in [2.05, 4.69) is 183 Å². The van der Waals surface area contributed by atoms with Gasteiger partial charge in [0, 0.05) is 37.3 Å². The van der Waals surface area contributed by atoms with Crippen molar-refractivity contribution in [2.24, 2.45) is 0 Å². The molecule has 246 valence electrons. The van der Waals surface area contributed by atoms with Crippen molar-refractivity contribution in [3.63, 3.8) is 0 Å². The van der Waals surface area contributed by atoms with E-state index in [1.807, 2.05) is 11.3 Å². The van der Waals surface area contributed by atoms with Crippen LogP contribution >= 0.6 is 11.3 Å². The summed E-state index contributed by atoms with van der Waals surface area (Å²) in [5.74, 6) is 0. The quantitative estimate of drug-likeness (QED) is 0.184. The number of para-hydroxylation sites is 1. The van der Waals surface area contributed by atoms with Crippen LogP contribution in [0.5, 0.6) is 0 Å². The number of fused-ring (bicyclic) bond motifs is 11. The van der Waals surface area contributed by atoms with Gasteiger partial charge in [-0.25, -0.2) is 0 Å². The summed E-state index contributed by atoms with van der Waals surface area (Å²) in [7, 11) is 0. The molecule has 0 spiro atoms. The highest BCUT2D eigenvalue weighted by Gasteiger charge is 2.36. The Morgan fingerprint density at radius 3 is 2.04 bits per heavy atom. The number of hydrogen-bond donors (Lipinski definition) is 0. The Morgan fingerprint density at radius 1 is 0.500 bits per heavy atom. The van der Waals surface area contributed by atoms with Gasteiger partial charge in [0.25, 0.3) is 0 Å². The van der Waals surface area contributed by atoms with E-state index in [-0.39, 0.29) is 5.41 Å². The fourth-order valence-electron chi connectivity index (χ4n) is 8.83. The van der Waals surface area contributed by atoms with Crippen LogP contribution < -0.4 is 4.90 Å². The lowest BCUT2D eigenvalue weighted by atomic mass is 9.82. The van der Waals surface area contributed by atoms with E-state index in [0.29, 0.717) is 0 Å². The third-order valence-corrected chi connectivity index (χ3v) is 12.5. The number of nitrogens with zero attached hydrogens (tertiary/aromatic N) is 1. The summed E-state index contributed by atoms with van der Waals surface area (Å²) in [5.41, 5.74) is 12.7. The number of rotatable bonds is 4. The molecule has 0 aliphatic heterocycles. The molecular weight excluding hydrogens is 651 g/mol. The van der Waals surface area contributed by atoms with Crippen LogP contribution in [-0.4, -0.2) is 0 Å². The highest BCUT2D eigenvalue weighted by molar-refractivity contribution is 7.26. The minimum absolute atomic E-state index is 0.130. The monoisotopic (exact) mass is 683 g/mol. The van der Waals surface area contributed by atoms with E-state index in [0.717, 1.165) is 39.0 Å². The molecule has 0 saturated heterocycles. The molecule has 52 heavy (non-hydrogen) atoms. The molecule has 3 heteroatoms. The third kappa shape index (κ3) is 4.11. The molecule has 0 amide bonds. The van der Waals surface area contributed by atoms with Gasteiger partial charge in [-0.2, -0.15) is 0 Å². The number of hydrogen-bond acceptors (Lipinski definition) is 3. The number of furan rings is 1. The first-order valence-electron chi connectivity index (χ1n) is 17.9. The van der Waals surface area contributed by atoms with E-state index in [1.54, 1.807) is 0 Å². The standard InChI is InChI=1S/C49H33NOS/c1-49(2)40-22-10-8-17-33(40)34-27-26-31(28-41(34)49)50(43-24-12-20-37-35-18-9-11-25-45(35)52-48(37)43)42-23-13-21-38-46-36-19-7-6-16-32(36)39(29-44(46)51-47(38)42)30-14-4-3-5-15-30/h3-29H,1-2H3. The van der Waals surface area contributed by atoms with Crippen LogP contribution in [0.25, 0.3) is 75.1 Å². The first kappa shape index (κ1) is 29.6. The van der Waals surface area contributed by atoms with Crippen LogP contribution in [-0.2, 0) is 5.41 Å². The minimum atomic E-state index is -0.130. The van der Waals surface area contributed by atoms with Crippen LogP contribution in [0.4, 0.5) is 17.1 Å². The van der Waals surface area contributed by atoms with Crippen molar-refractivity contribution in [3.05, 3.63) is 175 Å². The number of thiophene rings is 1. The largest absolute Gasteiger partial charge is 0.454 e. The zero-order valence-electron chi connectivity index (χ0n) is 28.9. The predicted octanol–water partition coefficient (Wildman–Crippen LogP) is 14.6. The van der Waals surface area contributed by atoms with Crippen molar-refractivity contribution in [1.82, 2.24) is 0 Å². The SMILES string of the molecule is CC1(C)c2ccccc2-c2ccc(N(c3cccc4c3oc3cc(-c5ccccc5)c5ccccc5c34)c3cccc4c3sc3ccccc34)cc21. The lowest BCUT2D eigenvalue weighted by molar-refractivity contribution is 0.660. The maximum absolute atomic E-state index is 7.09. The van der Waals surface area contributed by atoms with E-state index in [9.17, 15) is 0 Å². The molecule has 2 nitrogen and oxygen atoms in total. The van der Waals surface area contributed by atoms with Gasteiger partial charge in [-0.1, -0.05) is 141 Å². The molecule has 10 aromatic rings. The minimum Gasteiger partial charge on any atom is -0.454 e. The highest BCUT2D eigenvalue weighted by atomic mass is 32.1. The van der Waals surface area contributed by atoms with Gasteiger partial charge in [-0.15, -0.1) is 11.3 Å². The van der Waals surface area contributed by atoms with Crippen LogP contribution in [0, 0.1) is 0 Å². The Bertz CT molecular complexity index is 3060. The Morgan fingerprint density at radius 2 is 1.17 bits per heavy atom. The molecule has 8 aromatic carbocycles. The van der Waals surface area contributed by atoms with Crippen LogP contribution in [0.1, 0.15) is 25.0 Å². The second kappa shape index (κ2) is 10.9. The van der Waals surface area contributed by atoms with Crippen molar-refractivity contribution in [3.8, 4) is 22.3 Å². The lowest BCUT2D eigenvalue weighted by Crippen LogP contribution is -2.16. The number of benzene rings is 8. The van der Waals surface area contributed by atoms with Crippen molar-refractivity contribution in [2.45, 2.75) is 19.3 Å². The molecule has 1 aliphatic carbocycles. The maximum atomic E-state index is 7.09. The fraction of sp³-hybridized carbons (Fsp3) is 0.0612. The van der Waals surface area contributed by atoms with Crippen molar-refractivity contribution in [2.75, 3.05) is 4.90 Å². The van der Waals surface area contributed by atoms with Gasteiger partial charge in [0.2, 0.25) is 0 Å². The predicted molar refractivity (Wildman–Crippen MR) is 222 cm³/mol. The van der Waals surface area contributed by atoms with E-state index in [4.69, 9.17) is 4.42 Å². The molecule has 0 N–H and O–H groups in total. The van der Waals surface area contributed by atoms with Gasteiger partial charge in [0.05, 0.1) is 16.1 Å². The first-order chi connectivity index (χ1) is 25.6. The van der Waals surface area contributed by atoms with E-state index in [1.165, 1.54) is 64.3 Å². The topological polar surface area (TPSA) is 16.4 Å². The van der Waals surface area contributed by atoms with Gasteiger partial charge in [-0.3, -0.25) is 0 Å². The van der Waals surface area contributed by atoms with E-state index >= 15 is 0 Å².